The van der Waals surface area contributed by atoms with E-state index in [1.807, 2.05) is 56.6 Å². The third-order valence-corrected chi connectivity index (χ3v) is 7.07. The number of benzene rings is 3. The Morgan fingerprint density at radius 3 is 1.87 bits per heavy atom. The molecule has 1 saturated carbocycles. The zero-order chi connectivity index (χ0) is 22.1. The number of nitrogens with zero attached hydrogens (tertiary/aromatic N) is 1. The van der Waals surface area contributed by atoms with E-state index in [2.05, 4.69) is 41.3 Å². The van der Waals surface area contributed by atoms with Gasteiger partial charge >= 0.3 is 0 Å². The van der Waals surface area contributed by atoms with Crippen LogP contribution in [-0.2, 0) is 5.41 Å². The van der Waals surface area contributed by atoms with Gasteiger partial charge in [0, 0.05) is 12.5 Å². The highest BCUT2D eigenvalue weighted by atomic mass is 35.5. The molecule has 3 nitrogen and oxygen atoms in total. The fourth-order valence-electron chi connectivity index (χ4n) is 4.41. The zero-order valence-corrected chi connectivity index (χ0v) is 19.5. The molecule has 1 fully saturated rings. The molecule has 0 aromatic heterocycles. The van der Waals surface area contributed by atoms with Gasteiger partial charge in [0.25, 0.3) is 0 Å². The number of halogens is 2. The molecule has 1 aliphatic carbocycles. The second kappa shape index (κ2) is 8.74. The van der Waals surface area contributed by atoms with E-state index < -0.39 is 9.75 Å². The van der Waals surface area contributed by atoms with Crippen molar-refractivity contribution in [2.45, 2.75) is 15.7 Å². The number of hydrogen-bond donors (Lipinski definition) is 0. The standard InChI is InChI=1S/C26H27Cl2NO2/c1-29(2)17-18-31-23-15-11-21(12-16-23)25(20-9-13-22(30-3)14-10-20)24(26(25,27)28)19-7-5-4-6-8-19/h4-16,24H,17-18H2,1-3H3. The topological polar surface area (TPSA) is 21.7 Å². The molecule has 0 N–H and O–H groups in total. The van der Waals surface area contributed by atoms with E-state index in [-0.39, 0.29) is 5.92 Å². The van der Waals surface area contributed by atoms with Gasteiger partial charge < -0.3 is 14.4 Å². The van der Waals surface area contributed by atoms with Gasteiger partial charge in [-0.3, -0.25) is 0 Å². The summed E-state index contributed by atoms with van der Waals surface area (Å²) < 4.78 is 10.3. The summed E-state index contributed by atoms with van der Waals surface area (Å²) in [5, 5.41) is 0. The molecular weight excluding hydrogens is 429 g/mol. The highest BCUT2D eigenvalue weighted by Gasteiger charge is 2.77. The van der Waals surface area contributed by atoms with Crippen LogP contribution in [0.4, 0.5) is 0 Å². The lowest BCUT2D eigenvalue weighted by molar-refractivity contribution is 0.261. The van der Waals surface area contributed by atoms with Crippen LogP contribution >= 0.6 is 23.2 Å². The quantitative estimate of drug-likeness (QED) is 0.395. The summed E-state index contributed by atoms with van der Waals surface area (Å²) in [5.41, 5.74) is 2.69. The van der Waals surface area contributed by atoms with Crippen LogP contribution in [0.5, 0.6) is 11.5 Å². The number of alkyl halides is 2. The van der Waals surface area contributed by atoms with Crippen LogP contribution in [0, 0.1) is 0 Å². The van der Waals surface area contributed by atoms with Gasteiger partial charge in [0.15, 0.2) is 0 Å². The van der Waals surface area contributed by atoms with E-state index in [0.29, 0.717) is 6.61 Å². The third-order valence-electron chi connectivity index (χ3n) is 6.03. The summed E-state index contributed by atoms with van der Waals surface area (Å²) in [7, 11) is 5.72. The van der Waals surface area contributed by atoms with E-state index in [0.717, 1.165) is 34.7 Å². The fraction of sp³-hybridized carbons (Fsp3) is 0.308. The predicted molar refractivity (Wildman–Crippen MR) is 128 cm³/mol. The van der Waals surface area contributed by atoms with E-state index >= 15 is 0 Å². The van der Waals surface area contributed by atoms with Gasteiger partial charge in [0.05, 0.1) is 12.5 Å². The lowest BCUT2D eigenvalue weighted by Gasteiger charge is -2.21. The van der Waals surface area contributed by atoms with Crippen molar-refractivity contribution >= 4 is 23.2 Å². The monoisotopic (exact) mass is 455 g/mol. The molecule has 0 saturated heterocycles. The van der Waals surface area contributed by atoms with Crippen molar-refractivity contribution in [1.82, 2.24) is 4.90 Å². The molecule has 0 spiro atoms. The summed E-state index contributed by atoms with van der Waals surface area (Å²) in [5.74, 6) is 1.57. The first-order valence-corrected chi connectivity index (χ1v) is 11.1. The van der Waals surface area contributed by atoms with Crippen LogP contribution in [0.25, 0.3) is 0 Å². The van der Waals surface area contributed by atoms with Crippen LogP contribution in [0.15, 0.2) is 78.9 Å². The molecule has 162 valence electrons. The highest BCUT2D eigenvalue weighted by Crippen LogP contribution is 2.77. The largest absolute Gasteiger partial charge is 0.497 e. The molecule has 31 heavy (non-hydrogen) atoms. The van der Waals surface area contributed by atoms with Crippen molar-refractivity contribution in [3.63, 3.8) is 0 Å². The average Bonchev–Trinajstić information content (AvgIpc) is 3.31. The molecule has 0 radical (unpaired) electrons. The summed E-state index contributed by atoms with van der Waals surface area (Å²) in [6.07, 6.45) is 0. The first kappa shape index (κ1) is 22.0. The maximum absolute atomic E-state index is 7.06. The van der Waals surface area contributed by atoms with Crippen LogP contribution in [-0.4, -0.2) is 43.6 Å². The van der Waals surface area contributed by atoms with Crippen molar-refractivity contribution in [2.24, 2.45) is 0 Å². The summed E-state index contributed by atoms with van der Waals surface area (Å²) in [6, 6.07) is 26.4. The van der Waals surface area contributed by atoms with E-state index in [9.17, 15) is 0 Å². The maximum Gasteiger partial charge on any atom is 0.140 e. The minimum atomic E-state index is -0.976. The Hall–Kier alpha value is -2.20. The second-order valence-electron chi connectivity index (χ2n) is 8.18. The van der Waals surface area contributed by atoms with Gasteiger partial charge in [0.1, 0.15) is 22.4 Å². The van der Waals surface area contributed by atoms with E-state index in [1.165, 1.54) is 0 Å². The number of ether oxygens (including phenoxy) is 2. The third kappa shape index (κ3) is 3.91. The Bertz CT molecular complexity index is 1000. The van der Waals surface area contributed by atoms with Gasteiger partial charge in [-0.25, -0.2) is 0 Å². The summed E-state index contributed by atoms with van der Waals surface area (Å²) in [6.45, 7) is 1.50. The molecule has 5 heteroatoms. The molecular formula is C26H27Cl2NO2. The predicted octanol–water partition coefficient (Wildman–Crippen LogP) is 5.89. The molecule has 2 atom stereocenters. The molecule has 3 aromatic rings. The highest BCUT2D eigenvalue weighted by molar-refractivity contribution is 6.53. The van der Waals surface area contributed by atoms with Crippen molar-refractivity contribution in [2.75, 3.05) is 34.4 Å². The zero-order valence-electron chi connectivity index (χ0n) is 18.0. The van der Waals surface area contributed by atoms with Crippen molar-refractivity contribution in [3.05, 3.63) is 95.6 Å². The minimum absolute atomic E-state index is 0.0709. The van der Waals surface area contributed by atoms with Crippen molar-refractivity contribution in [1.29, 1.82) is 0 Å². The van der Waals surface area contributed by atoms with E-state index in [1.54, 1.807) is 7.11 Å². The van der Waals surface area contributed by atoms with Crippen LogP contribution in [0.2, 0.25) is 0 Å². The Morgan fingerprint density at radius 1 is 0.806 bits per heavy atom. The molecule has 0 heterocycles. The van der Waals surface area contributed by atoms with Gasteiger partial charge in [-0.15, -0.1) is 0 Å². The summed E-state index contributed by atoms with van der Waals surface area (Å²) >= 11 is 14.1. The Kier molecular flexibility index (Phi) is 6.20. The fourth-order valence-corrected chi connectivity index (χ4v) is 5.53. The molecule has 0 aliphatic heterocycles. The SMILES string of the molecule is COc1ccc(C2(c3ccc(OCCN(C)C)cc3)C(c3ccccc3)C2(Cl)Cl)cc1. The molecule has 1 aliphatic rings. The number of likely N-dealkylation sites (N-methyl/N-ethyl adjacent to an activating group) is 1. The Labute approximate surface area is 194 Å². The van der Waals surface area contributed by atoms with Crippen molar-refractivity contribution < 1.29 is 9.47 Å². The second-order valence-corrected chi connectivity index (χ2v) is 9.57. The molecule has 4 rings (SSSR count). The molecule has 0 amide bonds. The van der Waals surface area contributed by atoms with Gasteiger partial charge in [-0.1, -0.05) is 77.8 Å². The average molecular weight is 456 g/mol. The summed E-state index contributed by atoms with van der Waals surface area (Å²) in [4.78, 5) is 2.09. The number of hydrogen-bond acceptors (Lipinski definition) is 3. The smallest absolute Gasteiger partial charge is 0.140 e. The normalized spacial score (nSPS) is 21.7. The maximum atomic E-state index is 7.06. The first-order valence-electron chi connectivity index (χ1n) is 10.4. The van der Waals surface area contributed by atoms with Gasteiger partial charge in [0.2, 0.25) is 0 Å². The van der Waals surface area contributed by atoms with E-state index in [4.69, 9.17) is 32.7 Å². The van der Waals surface area contributed by atoms with Crippen LogP contribution in [0.1, 0.15) is 22.6 Å². The molecule has 3 aromatic carbocycles. The molecule has 0 bridgehead atoms. The Balaban J connectivity index is 1.73. The lowest BCUT2D eigenvalue weighted by atomic mass is 9.84. The Morgan fingerprint density at radius 2 is 1.35 bits per heavy atom. The number of methoxy groups -OCH3 is 1. The lowest BCUT2D eigenvalue weighted by Crippen LogP contribution is -2.19. The van der Waals surface area contributed by atoms with Crippen LogP contribution < -0.4 is 9.47 Å². The number of rotatable bonds is 8. The first-order chi connectivity index (χ1) is 14.9. The molecule has 2 unspecified atom stereocenters. The minimum Gasteiger partial charge on any atom is -0.497 e. The van der Waals surface area contributed by atoms with Gasteiger partial charge in [-0.05, 0) is 55.1 Å². The van der Waals surface area contributed by atoms with Crippen molar-refractivity contribution in [3.8, 4) is 11.5 Å². The van der Waals surface area contributed by atoms with Gasteiger partial charge in [-0.2, -0.15) is 0 Å². The van der Waals surface area contributed by atoms with Crippen LogP contribution in [0.3, 0.4) is 0 Å².